The summed E-state index contributed by atoms with van der Waals surface area (Å²) in [7, 11) is 0. The molecule has 50 heavy (non-hydrogen) atoms. The quantitative estimate of drug-likeness (QED) is 0.0805. The van der Waals surface area contributed by atoms with Crippen molar-refractivity contribution in [3.8, 4) is 5.75 Å². The largest absolute Gasteiger partial charge is 0.494 e. The number of fused-ring (bicyclic) bond motifs is 2. The second-order valence-corrected chi connectivity index (χ2v) is 16.1. The summed E-state index contributed by atoms with van der Waals surface area (Å²) in [6.45, 7) is 9.60. The third-order valence-electron chi connectivity index (χ3n) is 10.2. The molecule has 8 heteroatoms. The molecular formula is C42H65N3O4S. The number of aliphatic imine (C=N–C) groups is 1. The molecule has 1 aromatic rings. The van der Waals surface area contributed by atoms with Crippen LogP contribution in [-0.2, 0) is 19.7 Å². The molecule has 1 atom stereocenters. The minimum atomic E-state index is -0.293. The van der Waals surface area contributed by atoms with Crippen molar-refractivity contribution in [2.45, 2.75) is 147 Å². The first-order chi connectivity index (χ1) is 24.4. The minimum absolute atomic E-state index is 0.0252. The molecule has 3 aliphatic rings. The lowest BCUT2D eigenvalue weighted by atomic mass is 9.77. The Morgan fingerprint density at radius 3 is 2.42 bits per heavy atom. The summed E-state index contributed by atoms with van der Waals surface area (Å²) < 4.78 is 11.7. The normalized spacial score (nSPS) is 18.7. The molecule has 1 N–H and O–H groups in total. The maximum atomic E-state index is 13.2. The summed E-state index contributed by atoms with van der Waals surface area (Å²) in [5.74, 6) is 1.59. The number of nitrogens with one attached hydrogen (secondary N) is 1. The van der Waals surface area contributed by atoms with Crippen LogP contribution < -0.4 is 15.0 Å². The fourth-order valence-electron chi connectivity index (χ4n) is 7.14. The molecule has 1 aromatic carbocycles. The highest BCUT2D eigenvalue weighted by atomic mass is 32.2. The van der Waals surface area contributed by atoms with E-state index in [0.29, 0.717) is 24.7 Å². The van der Waals surface area contributed by atoms with Gasteiger partial charge >= 0.3 is 5.97 Å². The molecule has 0 aromatic heterocycles. The third-order valence-corrected chi connectivity index (χ3v) is 11.4. The van der Waals surface area contributed by atoms with Crippen molar-refractivity contribution in [2.24, 2.45) is 4.99 Å². The van der Waals surface area contributed by atoms with E-state index < -0.39 is 0 Å². The van der Waals surface area contributed by atoms with Gasteiger partial charge in [-0.15, -0.1) is 11.8 Å². The van der Waals surface area contributed by atoms with Crippen molar-refractivity contribution >= 4 is 35.0 Å². The van der Waals surface area contributed by atoms with Crippen LogP contribution in [0.2, 0.25) is 0 Å². The molecule has 1 aliphatic carbocycles. The lowest BCUT2D eigenvalue weighted by Crippen LogP contribution is -2.43. The number of carbonyl (C=O) groups excluding carboxylic acids is 2. The van der Waals surface area contributed by atoms with Crippen LogP contribution in [-0.4, -0.2) is 61.6 Å². The fraction of sp³-hybridized carbons (Fsp3) is 0.690. The number of unbranched alkanes of at least 4 members (excludes halogenated alkanes) is 13. The van der Waals surface area contributed by atoms with E-state index in [1.165, 1.54) is 81.9 Å². The lowest BCUT2D eigenvalue weighted by Gasteiger charge is -2.38. The molecule has 2 heterocycles. The molecule has 0 fully saturated rings. The molecule has 2 aliphatic heterocycles. The number of rotatable bonds is 25. The van der Waals surface area contributed by atoms with E-state index >= 15 is 0 Å². The van der Waals surface area contributed by atoms with E-state index in [9.17, 15) is 9.59 Å². The molecular weight excluding hydrogens is 643 g/mol. The molecule has 0 spiro atoms. The Bertz CT molecular complexity index is 1290. The van der Waals surface area contributed by atoms with Crippen molar-refractivity contribution in [1.29, 1.82) is 0 Å². The summed E-state index contributed by atoms with van der Waals surface area (Å²) in [5, 5.41) is 4.12. The second-order valence-electron chi connectivity index (χ2n) is 14.9. The van der Waals surface area contributed by atoms with E-state index in [0.717, 1.165) is 74.5 Å². The van der Waals surface area contributed by atoms with Gasteiger partial charge in [0.05, 0.1) is 24.6 Å². The highest BCUT2D eigenvalue weighted by Gasteiger charge is 2.37. The maximum absolute atomic E-state index is 13.2. The van der Waals surface area contributed by atoms with Crippen molar-refractivity contribution in [3.05, 3.63) is 47.6 Å². The van der Waals surface area contributed by atoms with Crippen LogP contribution in [0.25, 0.3) is 0 Å². The number of benzene rings is 1. The van der Waals surface area contributed by atoms with E-state index in [4.69, 9.17) is 14.5 Å². The topological polar surface area (TPSA) is 80.2 Å². The second kappa shape index (κ2) is 22.4. The number of hydrogen-bond acceptors (Lipinski definition) is 7. The van der Waals surface area contributed by atoms with E-state index in [1.54, 1.807) is 4.90 Å². The van der Waals surface area contributed by atoms with Crippen LogP contribution in [0, 0.1) is 0 Å². The van der Waals surface area contributed by atoms with Gasteiger partial charge in [0, 0.05) is 41.9 Å². The maximum Gasteiger partial charge on any atom is 0.307 e. The minimum Gasteiger partial charge on any atom is -0.494 e. The van der Waals surface area contributed by atoms with Crippen molar-refractivity contribution in [2.75, 3.05) is 43.6 Å². The summed E-state index contributed by atoms with van der Waals surface area (Å²) in [5.41, 5.74) is 4.16. The zero-order valence-electron chi connectivity index (χ0n) is 31.4. The summed E-state index contributed by atoms with van der Waals surface area (Å²) in [4.78, 5) is 32.2. The third kappa shape index (κ3) is 13.5. The van der Waals surface area contributed by atoms with E-state index in [1.807, 2.05) is 23.9 Å². The van der Waals surface area contributed by atoms with Crippen molar-refractivity contribution in [1.82, 2.24) is 5.32 Å². The molecule has 0 radical (unpaired) electrons. The van der Waals surface area contributed by atoms with Crippen LogP contribution in [0.3, 0.4) is 0 Å². The number of amides is 1. The number of ether oxygens (including phenoxy) is 2. The molecule has 1 unspecified atom stereocenters. The number of thioether (sulfide) groups is 1. The highest BCUT2D eigenvalue weighted by molar-refractivity contribution is 8.00. The number of anilines is 1. The zero-order valence-corrected chi connectivity index (χ0v) is 32.3. The first kappa shape index (κ1) is 40.2. The monoisotopic (exact) mass is 707 g/mol. The summed E-state index contributed by atoms with van der Waals surface area (Å²) >= 11 is 2.01. The Morgan fingerprint density at radius 2 is 1.68 bits per heavy atom. The molecule has 0 saturated heterocycles. The Morgan fingerprint density at radius 1 is 0.960 bits per heavy atom. The van der Waals surface area contributed by atoms with Gasteiger partial charge in [0.2, 0.25) is 5.91 Å². The smallest absolute Gasteiger partial charge is 0.307 e. The van der Waals surface area contributed by atoms with Gasteiger partial charge in [-0.25, -0.2) is 0 Å². The molecule has 1 amide bonds. The Kier molecular flexibility index (Phi) is 18.0. The summed E-state index contributed by atoms with van der Waals surface area (Å²) in [6.07, 6.45) is 27.1. The van der Waals surface area contributed by atoms with E-state index in [-0.39, 0.29) is 24.0 Å². The van der Waals surface area contributed by atoms with Crippen LogP contribution in [0.1, 0.15) is 142 Å². The molecule has 0 bridgehead atoms. The lowest BCUT2D eigenvalue weighted by molar-refractivity contribution is -0.144. The standard InChI is InChI=1S/C42H65N3O4S/c1-4-5-6-7-8-9-10-11-12-13-14-15-16-22-41(47)49-33-45-38-31-34(23-24-36(38)42(2,3)32-40(45)46)48-29-18-17-26-43-27-28-44-37-20-19-21-39-35(37)25-30-50-39/h19-20,23-25,31,39,43H,4-18,21-22,26-30,32-33H2,1-3H3. The van der Waals surface area contributed by atoms with E-state index in [2.05, 4.69) is 50.4 Å². The van der Waals surface area contributed by atoms with Gasteiger partial charge in [-0.2, -0.15) is 0 Å². The zero-order chi connectivity index (χ0) is 35.4. The fourth-order valence-corrected chi connectivity index (χ4v) is 8.29. The van der Waals surface area contributed by atoms with Gasteiger partial charge in [-0.05, 0) is 55.5 Å². The Labute approximate surface area is 307 Å². The van der Waals surface area contributed by atoms with Gasteiger partial charge in [0.1, 0.15) is 5.75 Å². The number of allylic oxidation sites excluding steroid dienone is 2. The van der Waals surface area contributed by atoms with Gasteiger partial charge in [0.15, 0.2) is 6.73 Å². The number of hydrogen-bond donors (Lipinski definition) is 1. The highest BCUT2D eigenvalue weighted by Crippen LogP contribution is 2.42. The van der Waals surface area contributed by atoms with Crippen LogP contribution in [0.5, 0.6) is 5.75 Å². The van der Waals surface area contributed by atoms with Gasteiger partial charge in [-0.1, -0.05) is 116 Å². The number of esters is 1. The first-order valence-electron chi connectivity index (χ1n) is 19.9. The van der Waals surface area contributed by atoms with Crippen LogP contribution in [0.15, 0.2) is 47.0 Å². The van der Waals surface area contributed by atoms with Gasteiger partial charge < -0.3 is 14.8 Å². The predicted octanol–water partition coefficient (Wildman–Crippen LogP) is 9.87. The van der Waals surface area contributed by atoms with Crippen molar-refractivity contribution < 1.29 is 19.1 Å². The average Bonchev–Trinajstić information content (AvgIpc) is 3.59. The Hall–Kier alpha value is -2.58. The molecule has 0 saturated carbocycles. The Balaban J connectivity index is 1.09. The average molecular weight is 708 g/mol. The first-order valence-corrected chi connectivity index (χ1v) is 20.9. The van der Waals surface area contributed by atoms with Gasteiger partial charge in [0.25, 0.3) is 0 Å². The molecule has 278 valence electrons. The van der Waals surface area contributed by atoms with Crippen LogP contribution in [0.4, 0.5) is 5.69 Å². The van der Waals surface area contributed by atoms with Crippen LogP contribution >= 0.6 is 11.8 Å². The molecule has 7 nitrogen and oxygen atoms in total. The summed E-state index contributed by atoms with van der Waals surface area (Å²) in [6, 6.07) is 6.00. The predicted molar refractivity (Wildman–Crippen MR) is 211 cm³/mol. The van der Waals surface area contributed by atoms with Gasteiger partial charge in [-0.3, -0.25) is 19.5 Å². The number of nitrogens with zero attached hydrogens (tertiary/aromatic N) is 2. The molecule has 4 rings (SSSR count). The van der Waals surface area contributed by atoms with Crippen molar-refractivity contribution in [3.63, 3.8) is 0 Å². The number of carbonyl (C=O) groups is 2. The SMILES string of the molecule is CCCCCCCCCCCCCCCC(=O)OCN1C(=O)CC(C)(C)c2ccc(OCCCCNCCN=C3C=CCC4SCC=C34)cc21.